The van der Waals surface area contributed by atoms with Crippen LogP contribution in [0.4, 0.5) is 11.4 Å². The minimum absolute atomic E-state index is 0.0817. The van der Waals surface area contributed by atoms with Crippen LogP contribution in [-0.2, 0) is 19.2 Å². The fourth-order valence-electron chi connectivity index (χ4n) is 1.79. The van der Waals surface area contributed by atoms with Gasteiger partial charge in [0.05, 0.1) is 18.0 Å². The summed E-state index contributed by atoms with van der Waals surface area (Å²) in [6.07, 6.45) is 0. The van der Waals surface area contributed by atoms with Crippen molar-refractivity contribution in [1.82, 2.24) is 16.0 Å². The normalized spacial score (nSPS) is 11.0. The Hall–Kier alpha value is -3.70. The third-order valence-corrected chi connectivity index (χ3v) is 3.16. The Bertz CT molecular complexity index is 720. The number of carboxylic acid groups (broad SMARTS) is 1. The molecule has 0 aliphatic rings. The number of hydrogen-bond donors (Lipinski definition) is 5. The number of non-ortho nitro benzene ring substituents is 1. The van der Waals surface area contributed by atoms with E-state index in [0.29, 0.717) is 5.69 Å². The Morgan fingerprint density at radius 1 is 1.00 bits per heavy atom. The minimum Gasteiger partial charge on any atom is -0.480 e. The van der Waals surface area contributed by atoms with E-state index in [1.165, 1.54) is 31.2 Å². The van der Waals surface area contributed by atoms with Crippen molar-refractivity contribution < 1.29 is 29.2 Å². The second-order valence-electron chi connectivity index (χ2n) is 5.34. The van der Waals surface area contributed by atoms with Crippen molar-refractivity contribution >= 4 is 35.1 Å². The molecule has 0 aliphatic heterocycles. The first-order valence-corrected chi connectivity index (χ1v) is 7.73. The topological polar surface area (TPSA) is 180 Å². The van der Waals surface area contributed by atoms with Gasteiger partial charge in [-0.3, -0.25) is 29.3 Å². The lowest BCUT2D eigenvalue weighted by Gasteiger charge is -2.15. The van der Waals surface area contributed by atoms with E-state index < -0.39 is 47.7 Å². The maximum atomic E-state index is 11.9. The molecular weight excluding hydrogens is 362 g/mol. The van der Waals surface area contributed by atoms with Gasteiger partial charge in [0.2, 0.25) is 17.7 Å². The molecule has 0 unspecified atom stereocenters. The minimum atomic E-state index is -1.21. The van der Waals surface area contributed by atoms with Gasteiger partial charge in [0.25, 0.3) is 5.69 Å². The molecule has 27 heavy (non-hydrogen) atoms. The summed E-state index contributed by atoms with van der Waals surface area (Å²) >= 11 is 0. The SMILES string of the molecule is C[C@H](Nc1ccc([N+](=O)[O-])cc1)C(=O)NCC(=O)NCC(=O)NCC(=O)O. The molecule has 12 nitrogen and oxygen atoms in total. The van der Waals surface area contributed by atoms with Gasteiger partial charge < -0.3 is 26.4 Å². The van der Waals surface area contributed by atoms with Crippen LogP contribution in [-0.4, -0.2) is 59.4 Å². The quantitative estimate of drug-likeness (QED) is 0.248. The lowest BCUT2D eigenvalue weighted by Crippen LogP contribution is -2.45. The number of carboxylic acids is 1. The Morgan fingerprint density at radius 3 is 2.04 bits per heavy atom. The van der Waals surface area contributed by atoms with Crippen molar-refractivity contribution in [1.29, 1.82) is 0 Å². The molecule has 1 aromatic carbocycles. The van der Waals surface area contributed by atoms with Crippen LogP contribution in [0.2, 0.25) is 0 Å². The van der Waals surface area contributed by atoms with E-state index in [-0.39, 0.29) is 12.2 Å². The lowest BCUT2D eigenvalue weighted by molar-refractivity contribution is -0.384. The zero-order chi connectivity index (χ0) is 20.4. The Labute approximate surface area is 153 Å². The average molecular weight is 381 g/mol. The van der Waals surface area contributed by atoms with E-state index in [1.54, 1.807) is 0 Å². The van der Waals surface area contributed by atoms with Gasteiger partial charge >= 0.3 is 5.97 Å². The van der Waals surface area contributed by atoms with E-state index in [0.717, 1.165) is 0 Å². The number of nitrogens with one attached hydrogen (secondary N) is 4. The molecule has 5 N–H and O–H groups in total. The largest absolute Gasteiger partial charge is 0.480 e. The second-order valence-corrected chi connectivity index (χ2v) is 5.34. The first-order valence-electron chi connectivity index (χ1n) is 7.73. The molecular formula is C15H19N5O7. The molecule has 1 aromatic rings. The van der Waals surface area contributed by atoms with Crippen molar-refractivity contribution in [2.45, 2.75) is 13.0 Å². The third kappa shape index (κ3) is 8.29. The van der Waals surface area contributed by atoms with Crippen LogP contribution >= 0.6 is 0 Å². The molecule has 0 saturated heterocycles. The monoisotopic (exact) mass is 381 g/mol. The number of nitrogens with zero attached hydrogens (tertiary/aromatic N) is 1. The predicted octanol–water partition coefficient (Wildman–Crippen LogP) is -1.17. The summed E-state index contributed by atoms with van der Waals surface area (Å²) in [4.78, 5) is 55.1. The van der Waals surface area contributed by atoms with Crippen molar-refractivity contribution in [3.8, 4) is 0 Å². The zero-order valence-electron chi connectivity index (χ0n) is 14.4. The molecule has 0 bridgehead atoms. The van der Waals surface area contributed by atoms with Gasteiger partial charge in [-0.25, -0.2) is 0 Å². The molecule has 1 atom stereocenters. The van der Waals surface area contributed by atoms with Crippen LogP contribution < -0.4 is 21.3 Å². The highest BCUT2D eigenvalue weighted by atomic mass is 16.6. The molecule has 0 spiro atoms. The number of anilines is 1. The zero-order valence-corrected chi connectivity index (χ0v) is 14.4. The fourth-order valence-corrected chi connectivity index (χ4v) is 1.79. The molecule has 0 fully saturated rings. The molecule has 0 saturated carbocycles. The number of rotatable bonds is 10. The first kappa shape index (κ1) is 21.3. The molecule has 12 heteroatoms. The van der Waals surface area contributed by atoms with E-state index in [2.05, 4.69) is 21.3 Å². The fraction of sp³-hybridized carbons (Fsp3) is 0.333. The van der Waals surface area contributed by atoms with Gasteiger partial charge in [0.1, 0.15) is 12.6 Å². The van der Waals surface area contributed by atoms with Crippen LogP contribution in [0, 0.1) is 10.1 Å². The molecule has 0 aromatic heterocycles. The summed E-state index contributed by atoms with van der Waals surface area (Å²) < 4.78 is 0. The summed E-state index contributed by atoms with van der Waals surface area (Å²) in [5.41, 5.74) is 0.407. The third-order valence-electron chi connectivity index (χ3n) is 3.16. The molecule has 146 valence electrons. The van der Waals surface area contributed by atoms with E-state index in [1.807, 2.05) is 0 Å². The standard InChI is InChI=1S/C15H19N5O7/c1-9(19-10-2-4-11(5-3-10)20(26)27)15(25)18-7-13(22)16-6-12(21)17-8-14(23)24/h2-5,9,19H,6-8H2,1H3,(H,16,22)(H,17,21)(H,18,25)(H,23,24)/t9-/m0/s1. The Kier molecular flexibility index (Phi) is 8.16. The molecule has 3 amide bonds. The summed E-state index contributed by atoms with van der Waals surface area (Å²) in [5.74, 6) is -3.02. The van der Waals surface area contributed by atoms with Crippen molar-refractivity contribution in [2.75, 3.05) is 25.0 Å². The number of nitro benzene ring substituents is 1. The number of benzene rings is 1. The molecule has 0 radical (unpaired) electrons. The van der Waals surface area contributed by atoms with Crippen LogP contribution in [0.15, 0.2) is 24.3 Å². The summed E-state index contributed by atoms with van der Waals surface area (Å²) in [6, 6.07) is 4.75. The van der Waals surface area contributed by atoms with Gasteiger partial charge in [-0.05, 0) is 19.1 Å². The second kappa shape index (κ2) is 10.3. The average Bonchev–Trinajstić information content (AvgIpc) is 2.62. The number of aliphatic carboxylic acids is 1. The Balaban J connectivity index is 2.33. The van der Waals surface area contributed by atoms with Gasteiger partial charge in [0.15, 0.2) is 0 Å². The number of hydrogen-bond acceptors (Lipinski definition) is 7. The van der Waals surface area contributed by atoms with Crippen LogP contribution in [0.5, 0.6) is 0 Å². The summed E-state index contributed by atoms with van der Waals surface area (Å²) in [6.45, 7) is 0.182. The smallest absolute Gasteiger partial charge is 0.322 e. The maximum absolute atomic E-state index is 11.9. The van der Waals surface area contributed by atoms with Crippen LogP contribution in [0.25, 0.3) is 0 Å². The first-order chi connectivity index (χ1) is 12.7. The van der Waals surface area contributed by atoms with Crippen molar-refractivity contribution in [2.24, 2.45) is 0 Å². The predicted molar refractivity (Wildman–Crippen MR) is 92.8 cm³/mol. The van der Waals surface area contributed by atoms with Gasteiger partial charge in [0, 0.05) is 17.8 Å². The Morgan fingerprint density at radius 2 is 1.52 bits per heavy atom. The molecule has 0 heterocycles. The number of amides is 3. The summed E-state index contributed by atoms with van der Waals surface area (Å²) in [5, 5.41) is 28.5. The highest BCUT2D eigenvalue weighted by Crippen LogP contribution is 2.15. The number of carbonyl (C=O) groups excluding carboxylic acids is 3. The maximum Gasteiger partial charge on any atom is 0.322 e. The van der Waals surface area contributed by atoms with Crippen molar-refractivity contribution in [3.63, 3.8) is 0 Å². The van der Waals surface area contributed by atoms with Gasteiger partial charge in [-0.15, -0.1) is 0 Å². The van der Waals surface area contributed by atoms with E-state index >= 15 is 0 Å². The lowest BCUT2D eigenvalue weighted by atomic mass is 10.2. The van der Waals surface area contributed by atoms with Crippen molar-refractivity contribution in [3.05, 3.63) is 34.4 Å². The molecule has 1 rings (SSSR count). The van der Waals surface area contributed by atoms with Crippen LogP contribution in [0.3, 0.4) is 0 Å². The molecule has 0 aliphatic carbocycles. The summed E-state index contributed by atoms with van der Waals surface area (Å²) in [7, 11) is 0. The van der Waals surface area contributed by atoms with Gasteiger partial charge in [-0.1, -0.05) is 0 Å². The van der Waals surface area contributed by atoms with E-state index in [9.17, 15) is 29.3 Å². The van der Waals surface area contributed by atoms with E-state index in [4.69, 9.17) is 5.11 Å². The highest BCUT2D eigenvalue weighted by Gasteiger charge is 2.15. The van der Waals surface area contributed by atoms with Gasteiger partial charge in [-0.2, -0.15) is 0 Å². The number of carbonyl (C=O) groups is 4. The van der Waals surface area contributed by atoms with Crippen LogP contribution in [0.1, 0.15) is 6.92 Å². The highest BCUT2D eigenvalue weighted by molar-refractivity contribution is 5.91. The number of nitro groups is 1.